The molecule has 0 fully saturated rings. The van der Waals surface area contributed by atoms with Crippen LogP contribution in [0.1, 0.15) is 31.1 Å². The lowest BCUT2D eigenvalue weighted by Crippen LogP contribution is -2.39. The molecule has 1 aliphatic heterocycles. The van der Waals surface area contributed by atoms with Gasteiger partial charge in [0.15, 0.2) is 4.80 Å². The van der Waals surface area contributed by atoms with Crippen LogP contribution >= 0.6 is 11.3 Å². The van der Waals surface area contributed by atoms with Crippen molar-refractivity contribution in [2.75, 3.05) is 6.61 Å². The van der Waals surface area contributed by atoms with Crippen LogP contribution in [0.25, 0.3) is 17.0 Å². The number of pyridine rings is 1. The number of esters is 1. The maximum absolute atomic E-state index is 13.6. The number of fused-ring (bicyclic) bond motifs is 2. The quantitative estimate of drug-likeness (QED) is 0.443. The van der Waals surface area contributed by atoms with Crippen molar-refractivity contribution in [1.29, 1.82) is 0 Å². The van der Waals surface area contributed by atoms with Crippen LogP contribution in [0.4, 0.5) is 0 Å². The van der Waals surface area contributed by atoms with Gasteiger partial charge in [-0.15, -0.1) is 0 Å². The molecular formula is C26H21N3O3S. The van der Waals surface area contributed by atoms with Crippen LogP contribution in [0.15, 0.2) is 87.8 Å². The van der Waals surface area contributed by atoms with E-state index >= 15 is 0 Å². The lowest BCUT2D eigenvalue weighted by molar-refractivity contribution is -0.139. The Balaban J connectivity index is 1.71. The lowest BCUT2D eigenvalue weighted by Gasteiger charge is -2.24. The second kappa shape index (κ2) is 8.60. The van der Waals surface area contributed by atoms with Crippen molar-refractivity contribution in [1.82, 2.24) is 9.55 Å². The third kappa shape index (κ3) is 3.81. The fraction of sp³-hybridized carbons (Fsp3) is 0.154. The highest BCUT2D eigenvalue weighted by Gasteiger charge is 2.33. The van der Waals surface area contributed by atoms with Gasteiger partial charge >= 0.3 is 5.97 Å². The highest BCUT2D eigenvalue weighted by Crippen LogP contribution is 2.30. The molecule has 0 aliphatic carbocycles. The van der Waals surface area contributed by atoms with E-state index in [2.05, 4.69) is 9.98 Å². The summed E-state index contributed by atoms with van der Waals surface area (Å²) in [6.45, 7) is 3.79. The molecule has 164 valence electrons. The van der Waals surface area contributed by atoms with Crippen LogP contribution in [0.5, 0.6) is 0 Å². The highest BCUT2D eigenvalue weighted by molar-refractivity contribution is 7.07. The molecule has 0 N–H and O–H groups in total. The average molecular weight is 456 g/mol. The first kappa shape index (κ1) is 21.0. The molecule has 3 heterocycles. The standard InChI is InChI=1S/C26H21N3O3S/c1-3-32-25(31)22-16(2)27-26-29(23(22)18-10-5-4-6-11-18)24(30)21(33-26)15-19-14-13-17-9-7-8-12-20(17)28-19/h4-15,23H,3H2,1-2H3. The number of allylic oxidation sites excluding steroid dienone is 1. The number of nitrogens with zero attached hydrogens (tertiary/aromatic N) is 3. The Morgan fingerprint density at radius 2 is 1.85 bits per heavy atom. The first-order valence-corrected chi connectivity index (χ1v) is 11.5. The Morgan fingerprint density at radius 1 is 1.09 bits per heavy atom. The smallest absolute Gasteiger partial charge is 0.338 e. The van der Waals surface area contributed by atoms with E-state index in [1.807, 2.05) is 66.7 Å². The zero-order valence-corrected chi connectivity index (χ0v) is 19.0. The van der Waals surface area contributed by atoms with E-state index < -0.39 is 12.0 Å². The maximum Gasteiger partial charge on any atom is 0.338 e. The van der Waals surface area contributed by atoms with Gasteiger partial charge in [-0.25, -0.2) is 14.8 Å². The Kier molecular flexibility index (Phi) is 5.48. The van der Waals surface area contributed by atoms with Crippen molar-refractivity contribution in [2.45, 2.75) is 19.9 Å². The minimum absolute atomic E-state index is 0.211. The van der Waals surface area contributed by atoms with Crippen LogP contribution in [0.2, 0.25) is 0 Å². The van der Waals surface area contributed by atoms with Gasteiger partial charge in [-0.2, -0.15) is 0 Å². The molecule has 7 heteroatoms. The Labute approximate surface area is 193 Å². The Morgan fingerprint density at radius 3 is 2.64 bits per heavy atom. The fourth-order valence-electron chi connectivity index (χ4n) is 4.04. The van der Waals surface area contributed by atoms with Crippen LogP contribution < -0.4 is 14.9 Å². The molecule has 1 unspecified atom stereocenters. The molecule has 4 aromatic rings. The molecule has 1 atom stereocenters. The SMILES string of the molecule is CCOC(=O)C1=C(C)N=c2sc(=Cc3ccc4ccccc4n3)c(=O)n2C1c1ccccc1. The molecule has 0 radical (unpaired) electrons. The predicted molar refractivity (Wildman–Crippen MR) is 129 cm³/mol. The minimum Gasteiger partial charge on any atom is -0.463 e. The highest BCUT2D eigenvalue weighted by atomic mass is 32.1. The first-order valence-electron chi connectivity index (χ1n) is 10.7. The van der Waals surface area contributed by atoms with Gasteiger partial charge in [0.25, 0.3) is 5.56 Å². The Hall–Kier alpha value is -3.84. The largest absolute Gasteiger partial charge is 0.463 e. The summed E-state index contributed by atoms with van der Waals surface area (Å²) in [5.74, 6) is -0.460. The van der Waals surface area contributed by atoms with Crippen molar-refractivity contribution in [2.24, 2.45) is 4.99 Å². The van der Waals surface area contributed by atoms with E-state index in [0.29, 0.717) is 26.3 Å². The summed E-state index contributed by atoms with van der Waals surface area (Å²) in [5.41, 5.74) is 3.10. The molecular weight excluding hydrogens is 434 g/mol. The molecule has 1 aliphatic rings. The van der Waals surface area contributed by atoms with Gasteiger partial charge in [-0.1, -0.05) is 65.9 Å². The fourth-order valence-corrected chi connectivity index (χ4v) is 5.07. The minimum atomic E-state index is -0.604. The number of hydrogen-bond acceptors (Lipinski definition) is 6. The van der Waals surface area contributed by atoms with Gasteiger partial charge in [0, 0.05) is 5.39 Å². The maximum atomic E-state index is 13.6. The van der Waals surface area contributed by atoms with E-state index in [4.69, 9.17) is 4.74 Å². The van der Waals surface area contributed by atoms with Crippen LogP contribution in [0.3, 0.4) is 0 Å². The molecule has 0 saturated carbocycles. The summed E-state index contributed by atoms with van der Waals surface area (Å²) >= 11 is 1.29. The number of carbonyl (C=O) groups is 1. The molecule has 5 rings (SSSR count). The van der Waals surface area contributed by atoms with Crippen LogP contribution in [0, 0.1) is 0 Å². The zero-order valence-electron chi connectivity index (χ0n) is 18.2. The number of para-hydroxylation sites is 1. The second-order valence-electron chi connectivity index (χ2n) is 7.64. The summed E-state index contributed by atoms with van der Waals surface area (Å²) in [4.78, 5) is 36.3. The van der Waals surface area contributed by atoms with Crippen molar-refractivity contribution in [3.05, 3.63) is 109 Å². The number of benzene rings is 2. The summed E-state index contributed by atoms with van der Waals surface area (Å²) in [6, 6.07) is 20.6. The van der Waals surface area contributed by atoms with Gasteiger partial charge in [-0.05, 0) is 37.6 Å². The first-order chi connectivity index (χ1) is 16.1. The number of rotatable bonds is 4. The van der Waals surface area contributed by atoms with Crippen molar-refractivity contribution < 1.29 is 9.53 Å². The molecule has 0 amide bonds. The molecule has 33 heavy (non-hydrogen) atoms. The van der Waals surface area contributed by atoms with Gasteiger partial charge < -0.3 is 4.74 Å². The number of ether oxygens (including phenoxy) is 1. The molecule has 0 spiro atoms. The van der Waals surface area contributed by atoms with E-state index in [1.165, 1.54) is 11.3 Å². The van der Waals surface area contributed by atoms with Gasteiger partial charge in [0.2, 0.25) is 0 Å². The number of carbonyl (C=O) groups excluding carboxylic acids is 1. The van der Waals surface area contributed by atoms with Crippen molar-refractivity contribution in [3.63, 3.8) is 0 Å². The van der Waals surface area contributed by atoms with Crippen LogP contribution in [-0.2, 0) is 9.53 Å². The van der Waals surface area contributed by atoms with E-state index in [1.54, 1.807) is 24.5 Å². The summed E-state index contributed by atoms with van der Waals surface area (Å²) in [7, 11) is 0. The van der Waals surface area contributed by atoms with Crippen molar-refractivity contribution in [3.8, 4) is 0 Å². The van der Waals surface area contributed by atoms with Crippen molar-refractivity contribution >= 4 is 34.3 Å². The normalized spacial score (nSPS) is 15.9. The summed E-state index contributed by atoms with van der Waals surface area (Å²) in [5, 5.41) is 1.04. The third-order valence-corrected chi connectivity index (χ3v) is 6.51. The topological polar surface area (TPSA) is 73.6 Å². The lowest BCUT2D eigenvalue weighted by atomic mass is 9.96. The molecule has 6 nitrogen and oxygen atoms in total. The van der Waals surface area contributed by atoms with E-state index in [0.717, 1.165) is 16.5 Å². The molecule has 0 bridgehead atoms. The molecule has 0 saturated heterocycles. The van der Waals surface area contributed by atoms with E-state index in [9.17, 15) is 9.59 Å². The summed E-state index contributed by atoms with van der Waals surface area (Å²) in [6.07, 6.45) is 1.78. The molecule has 2 aromatic heterocycles. The van der Waals surface area contributed by atoms with E-state index in [-0.39, 0.29) is 12.2 Å². The Bertz CT molecular complexity index is 1580. The van der Waals surface area contributed by atoms with Crippen LogP contribution in [-0.4, -0.2) is 22.1 Å². The number of aromatic nitrogens is 2. The molecule has 2 aromatic carbocycles. The van der Waals surface area contributed by atoms with Gasteiger partial charge in [-0.3, -0.25) is 9.36 Å². The van der Waals surface area contributed by atoms with Gasteiger partial charge in [0.05, 0.1) is 39.7 Å². The predicted octanol–water partition coefficient (Wildman–Crippen LogP) is 3.35. The monoisotopic (exact) mass is 455 g/mol. The number of hydrogen-bond donors (Lipinski definition) is 0. The van der Waals surface area contributed by atoms with Gasteiger partial charge in [0.1, 0.15) is 0 Å². The number of thiazole rings is 1. The average Bonchev–Trinajstić information content (AvgIpc) is 3.13. The summed E-state index contributed by atoms with van der Waals surface area (Å²) < 4.78 is 7.41. The zero-order chi connectivity index (χ0) is 22.9. The third-order valence-electron chi connectivity index (χ3n) is 5.53. The second-order valence-corrected chi connectivity index (χ2v) is 8.65.